The largest absolute Gasteiger partial charge is 0.506 e. The van der Waals surface area contributed by atoms with E-state index in [2.05, 4.69) is 20.8 Å². The number of carboxylic acids is 1. The molecule has 1 aliphatic rings. The zero-order chi connectivity index (χ0) is 22.8. The normalized spacial score (nSPS) is 14.8. The minimum Gasteiger partial charge on any atom is -0.506 e. The van der Waals surface area contributed by atoms with Crippen molar-refractivity contribution < 1.29 is 24.1 Å². The summed E-state index contributed by atoms with van der Waals surface area (Å²) in [5, 5.41) is 21.7. The monoisotopic (exact) mass is 522 g/mol. The first kappa shape index (κ1) is 23.1. The first-order valence-corrected chi connectivity index (χ1v) is 12.2. The van der Waals surface area contributed by atoms with Crippen molar-refractivity contribution in [2.45, 2.75) is 30.7 Å². The summed E-state index contributed by atoms with van der Waals surface area (Å²) in [7, 11) is 0. The number of hydrogen-bond acceptors (Lipinski definition) is 5. The van der Waals surface area contributed by atoms with Gasteiger partial charge in [0.25, 0.3) is 0 Å². The lowest BCUT2D eigenvalue weighted by molar-refractivity contribution is 0.0340. The first-order chi connectivity index (χ1) is 15.4. The number of carbonyl (C=O) groups is 1. The van der Waals surface area contributed by atoms with Gasteiger partial charge in [0.2, 0.25) is 0 Å². The van der Waals surface area contributed by atoms with E-state index in [0.717, 1.165) is 23.5 Å². The van der Waals surface area contributed by atoms with Crippen LogP contribution in [0, 0.1) is 5.82 Å². The number of ether oxygens (including phenoxy) is 1. The number of aryl methyl sites for hydroxylation is 1. The zero-order valence-corrected chi connectivity index (χ0v) is 20.0. The second-order valence-electron chi connectivity index (χ2n) is 7.58. The van der Waals surface area contributed by atoms with Gasteiger partial charge in [0.1, 0.15) is 11.6 Å². The molecule has 170 valence electrons. The quantitative estimate of drug-likeness (QED) is 0.421. The van der Waals surface area contributed by atoms with Crippen LogP contribution >= 0.6 is 27.7 Å². The van der Waals surface area contributed by atoms with Gasteiger partial charge in [-0.3, -0.25) is 4.90 Å². The molecular weight excluding hydrogens is 499 g/mol. The third-order valence-corrected chi connectivity index (χ3v) is 7.32. The fourth-order valence-corrected chi connectivity index (χ4v) is 5.54. The predicted molar refractivity (Wildman–Crippen MR) is 126 cm³/mol. The van der Waals surface area contributed by atoms with Crippen molar-refractivity contribution >= 4 is 44.6 Å². The van der Waals surface area contributed by atoms with Crippen LogP contribution < -0.4 is 0 Å². The molecule has 2 heterocycles. The molecule has 4 rings (SSSR count). The fourth-order valence-electron chi connectivity index (χ4n) is 4.16. The summed E-state index contributed by atoms with van der Waals surface area (Å²) in [6, 6.07) is 7.95. The van der Waals surface area contributed by atoms with Crippen LogP contribution in [0.3, 0.4) is 0 Å². The number of aromatic carboxylic acids is 1. The molecule has 2 N–H and O–H groups in total. The van der Waals surface area contributed by atoms with Crippen molar-refractivity contribution in [2.24, 2.45) is 0 Å². The molecule has 0 amide bonds. The van der Waals surface area contributed by atoms with Gasteiger partial charge in [0.15, 0.2) is 0 Å². The first-order valence-electron chi connectivity index (χ1n) is 10.4. The number of aromatic nitrogens is 1. The second kappa shape index (κ2) is 9.82. The summed E-state index contributed by atoms with van der Waals surface area (Å²) < 4.78 is 21.2. The van der Waals surface area contributed by atoms with Gasteiger partial charge in [-0.2, -0.15) is 0 Å². The predicted octanol–water partition coefficient (Wildman–Crippen LogP) is 5.09. The Morgan fingerprint density at radius 1 is 1.25 bits per heavy atom. The maximum atomic E-state index is 13.3. The molecule has 0 saturated carbocycles. The Hall–Kier alpha value is -2.07. The average Bonchev–Trinajstić information content (AvgIpc) is 3.10. The van der Waals surface area contributed by atoms with Crippen molar-refractivity contribution in [2.75, 3.05) is 26.3 Å². The van der Waals surface area contributed by atoms with Crippen molar-refractivity contribution in [3.8, 4) is 5.75 Å². The van der Waals surface area contributed by atoms with Crippen LogP contribution in [0.15, 0.2) is 39.7 Å². The molecule has 0 unspecified atom stereocenters. The van der Waals surface area contributed by atoms with E-state index in [0.29, 0.717) is 53.2 Å². The average molecular weight is 523 g/mol. The molecule has 0 radical (unpaired) electrons. The zero-order valence-electron chi connectivity index (χ0n) is 17.6. The van der Waals surface area contributed by atoms with Crippen LogP contribution in [0.25, 0.3) is 10.9 Å². The van der Waals surface area contributed by atoms with Crippen LogP contribution in [0.5, 0.6) is 5.75 Å². The summed E-state index contributed by atoms with van der Waals surface area (Å²) in [6.45, 7) is 5.65. The number of morpholine rings is 1. The third kappa shape index (κ3) is 4.52. The highest BCUT2D eigenvalue weighted by Gasteiger charge is 2.28. The molecule has 0 aliphatic carbocycles. The summed E-state index contributed by atoms with van der Waals surface area (Å²) in [4.78, 5) is 15.5. The van der Waals surface area contributed by atoms with Crippen LogP contribution in [0.4, 0.5) is 4.39 Å². The number of halogens is 2. The molecule has 6 nitrogen and oxygen atoms in total. The minimum atomic E-state index is -1.03. The van der Waals surface area contributed by atoms with E-state index < -0.39 is 5.97 Å². The Morgan fingerprint density at radius 2 is 1.94 bits per heavy atom. The maximum absolute atomic E-state index is 13.3. The van der Waals surface area contributed by atoms with E-state index in [1.807, 2.05) is 11.5 Å². The number of phenols is 1. The highest BCUT2D eigenvalue weighted by Crippen LogP contribution is 2.41. The Balaban J connectivity index is 1.84. The Morgan fingerprint density at radius 3 is 2.56 bits per heavy atom. The number of phenolic OH excluding ortho intramolecular Hbond substituents is 1. The maximum Gasteiger partial charge on any atom is 0.338 e. The summed E-state index contributed by atoms with van der Waals surface area (Å²) in [5.41, 5.74) is 2.26. The number of aromatic hydroxyl groups is 1. The molecule has 0 bridgehead atoms. The Labute approximate surface area is 198 Å². The van der Waals surface area contributed by atoms with Gasteiger partial charge in [0, 0.05) is 53.5 Å². The molecule has 3 aromatic rings. The molecule has 1 saturated heterocycles. The molecule has 1 fully saturated rings. The number of benzene rings is 2. The van der Waals surface area contributed by atoms with Crippen LogP contribution in [-0.2, 0) is 23.6 Å². The van der Waals surface area contributed by atoms with Crippen LogP contribution in [-0.4, -0.2) is 52.0 Å². The van der Waals surface area contributed by atoms with Crippen LogP contribution in [0.1, 0.15) is 28.5 Å². The lowest BCUT2D eigenvalue weighted by Gasteiger charge is -2.27. The van der Waals surface area contributed by atoms with E-state index in [4.69, 9.17) is 4.74 Å². The van der Waals surface area contributed by atoms with Crippen LogP contribution in [0.2, 0.25) is 0 Å². The van der Waals surface area contributed by atoms with E-state index in [1.165, 1.54) is 23.9 Å². The Kier molecular flexibility index (Phi) is 7.09. The second-order valence-corrected chi connectivity index (χ2v) is 9.48. The molecule has 2 aromatic carbocycles. The molecular formula is C23H24BrFN2O4S. The fraction of sp³-hybridized carbons (Fsp3) is 0.348. The molecule has 1 aliphatic heterocycles. The van der Waals surface area contributed by atoms with Gasteiger partial charge < -0.3 is 19.5 Å². The summed E-state index contributed by atoms with van der Waals surface area (Å²) in [6.07, 6.45) is 0. The number of hydrogen-bond donors (Lipinski definition) is 2. The molecule has 0 spiro atoms. The highest BCUT2D eigenvalue weighted by molar-refractivity contribution is 9.10. The van der Waals surface area contributed by atoms with Gasteiger partial charge in [-0.05, 0) is 53.2 Å². The smallest absolute Gasteiger partial charge is 0.338 e. The van der Waals surface area contributed by atoms with Crippen molar-refractivity contribution in [1.82, 2.24) is 9.47 Å². The molecule has 9 heteroatoms. The van der Waals surface area contributed by atoms with Gasteiger partial charge in [-0.15, -0.1) is 11.8 Å². The van der Waals surface area contributed by atoms with E-state index >= 15 is 0 Å². The van der Waals surface area contributed by atoms with E-state index in [9.17, 15) is 19.4 Å². The standard InChI is InChI=1S/C23H24BrFN2O4S/c1-2-27-18-11-17(24)22(28)16(12-26-7-9-31-10-8-26)20(18)21(23(29)30)19(27)13-32-15-5-3-14(25)4-6-15/h3-6,11,28H,2,7-10,12-13H2,1H3,(H,29,30). The van der Waals surface area contributed by atoms with Gasteiger partial charge in [-0.1, -0.05) is 0 Å². The summed E-state index contributed by atoms with van der Waals surface area (Å²) in [5.74, 6) is -0.860. The topological polar surface area (TPSA) is 74.9 Å². The molecule has 1 aromatic heterocycles. The lowest BCUT2D eigenvalue weighted by Crippen LogP contribution is -2.35. The number of nitrogens with zero attached hydrogens (tertiary/aromatic N) is 2. The minimum absolute atomic E-state index is 0.0671. The molecule has 0 atom stereocenters. The molecule has 32 heavy (non-hydrogen) atoms. The van der Waals surface area contributed by atoms with Gasteiger partial charge in [-0.25, -0.2) is 9.18 Å². The Bertz CT molecular complexity index is 1140. The van der Waals surface area contributed by atoms with Crippen molar-refractivity contribution in [3.63, 3.8) is 0 Å². The highest BCUT2D eigenvalue weighted by atomic mass is 79.9. The van der Waals surface area contributed by atoms with Crippen molar-refractivity contribution in [1.29, 1.82) is 0 Å². The number of thioether (sulfide) groups is 1. The SMILES string of the molecule is CCn1c(CSc2ccc(F)cc2)c(C(=O)O)c2c(CN3CCOCC3)c(O)c(Br)cc21. The van der Waals surface area contributed by atoms with Gasteiger partial charge >= 0.3 is 5.97 Å². The van der Waals surface area contributed by atoms with Crippen molar-refractivity contribution in [3.05, 3.63) is 57.4 Å². The summed E-state index contributed by atoms with van der Waals surface area (Å²) >= 11 is 4.91. The van der Waals surface area contributed by atoms with E-state index in [1.54, 1.807) is 18.2 Å². The van der Waals surface area contributed by atoms with E-state index in [-0.39, 0.29) is 17.1 Å². The lowest BCUT2D eigenvalue weighted by atomic mass is 10.0. The number of fused-ring (bicyclic) bond motifs is 1. The number of carboxylic acid groups (broad SMARTS) is 1. The number of rotatable bonds is 7. The third-order valence-electron chi connectivity index (χ3n) is 5.69. The van der Waals surface area contributed by atoms with Gasteiger partial charge in [0.05, 0.1) is 28.8 Å².